The summed E-state index contributed by atoms with van der Waals surface area (Å²) in [6, 6.07) is 4.99. The molecule has 0 aliphatic carbocycles. The van der Waals surface area contributed by atoms with E-state index in [-0.39, 0.29) is 11.2 Å². The Hall–Kier alpha value is -1.07. The standard InChI is InChI=1S/C12H16BrNO3/c1-12(2,17-3)7-14-10-5-8(11(15)16)4-9(13)6-10/h4-6,14H,7H2,1-3H3,(H,15,16). The molecule has 1 aromatic carbocycles. The van der Waals surface area contributed by atoms with Crippen molar-refractivity contribution < 1.29 is 14.6 Å². The summed E-state index contributed by atoms with van der Waals surface area (Å²) in [4.78, 5) is 10.9. The van der Waals surface area contributed by atoms with Gasteiger partial charge in [0.25, 0.3) is 0 Å². The maximum absolute atomic E-state index is 10.9. The molecule has 17 heavy (non-hydrogen) atoms. The number of ether oxygens (including phenoxy) is 1. The minimum atomic E-state index is -0.944. The van der Waals surface area contributed by atoms with Gasteiger partial charge in [0.05, 0.1) is 11.2 Å². The molecule has 0 aliphatic rings. The first kappa shape index (κ1) is 14.0. The van der Waals surface area contributed by atoms with Gasteiger partial charge in [-0.25, -0.2) is 4.79 Å². The van der Waals surface area contributed by atoms with Crippen LogP contribution in [0.25, 0.3) is 0 Å². The first-order chi connectivity index (χ1) is 7.84. The fourth-order valence-electron chi connectivity index (χ4n) is 1.20. The van der Waals surface area contributed by atoms with Crippen LogP contribution >= 0.6 is 15.9 Å². The van der Waals surface area contributed by atoms with Crippen LogP contribution in [-0.4, -0.2) is 30.3 Å². The van der Waals surface area contributed by atoms with Gasteiger partial charge >= 0.3 is 5.97 Å². The highest BCUT2D eigenvalue weighted by Crippen LogP contribution is 2.20. The van der Waals surface area contributed by atoms with Gasteiger partial charge < -0.3 is 15.2 Å². The summed E-state index contributed by atoms with van der Waals surface area (Å²) in [7, 11) is 1.64. The number of halogens is 1. The number of hydrogen-bond acceptors (Lipinski definition) is 3. The van der Waals surface area contributed by atoms with Gasteiger partial charge in [-0.1, -0.05) is 15.9 Å². The Morgan fingerprint density at radius 1 is 1.47 bits per heavy atom. The Morgan fingerprint density at radius 3 is 2.65 bits per heavy atom. The van der Waals surface area contributed by atoms with Crippen LogP contribution in [0.2, 0.25) is 0 Å². The lowest BCUT2D eigenvalue weighted by Gasteiger charge is -2.23. The fourth-order valence-corrected chi connectivity index (χ4v) is 1.70. The number of benzene rings is 1. The molecule has 2 N–H and O–H groups in total. The summed E-state index contributed by atoms with van der Waals surface area (Å²) in [5.74, 6) is -0.944. The molecule has 0 fully saturated rings. The minimum absolute atomic E-state index is 0.247. The molecule has 0 aliphatic heterocycles. The monoisotopic (exact) mass is 301 g/mol. The van der Waals surface area contributed by atoms with Gasteiger partial charge in [0.2, 0.25) is 0 Å². The van der Waals surface area contributed by atoms with Gasteiger partial charge in [0, 0.05) is 23.8 Å². The van der Waals surface area contributed by atoms with Crippen molar-refractivity contribution in [1.82, 2.24) is 0 Å². The first-order valence-corrected chi connectivity index (χ1v) is 5.96. The first-order valence-electron chi connectivity index (χ1n) is 5.17. The van der Waals surface area contributed by atoms with Gasteiger partial charge in [-0.05, 0) is 32.0 Å². The highest BCUT2D eigenvalue weighted by molar-refractivity contribution is 9.10. The molecular formula is C12H16BrNO3. The summed E-state index contributed by atoms with van der Waals surface area (Å²) in [5.41, 5.74) is 0.699. The van der Waals surface area contributed by atoms with E-state index in [1.54, 1.807) is 19.2 Å². The Kier molecular flexibility index (Phi) is 4.54. The zero-order chi connectivity index (χ0) is 13.1. The molecule has 0 saturated heterocycles. The van der Waals surface area contributed by atoms with E-state index in [0.717, 1.165) is 10.2 Å². The predicted molar refractivity (Wildman–Crippen MR) is 70.7 cm³/mol. The van der Waals surface area contributed by atoms with Gasteiger partial charge in [0.1, 0.15) is 0 Å². The van der Waals surface area contributed by atoms with Crippen LogP contribution in [0.15, 0.2) is 22.7 Å². The van der Waals surface area contributed by atoms with E-state index < -0.39 is 5.97 Å². The molecule has 0 spiro atoms. The van der Waals surface area contributed by atoms with E-state index >= 15 is 0 Å². The van der Waals surface area contributed by atoms with Gasteiger partial charge in [-0.3, -0.25) is 0 Å². The van der Waals surface area contributed by atoms with Crippen LogP contribution in [0.4, 0.5) is 5.69 Å². The van der Waals surface area contributed by atoms with Crippen molar-refractivity contribution in [3.05, 3.63) is 28.2 Å². The summed E-state index contributed by atoms with van der Waals surface area (Å²) in [5, 5.41) is 12.1. The highest BCUT2D eigenvalue weighted by Gasteiger charge is 2.16. The number of hydrogen-bond donors (Lipinski definition) is 2. The maximum atomic E-state index is 10.9. The Bertz CT molecular complexity index is 418. The number of carboxylic acids is 1. The molecule has 0 saturated carbocycles. The summed E-state index contributed by atoms with van der Waals surface area (Å²) in [6.45, 7) is 4.51. The Labute approximate surface area is 109 Å². The van der Waals surface area contributed by atoms with E-state index in [1.807, 2.05) is 19.9 Å². The average molecular weight is 302 g/mol. The van der Waals surface area contributed by atoms with Crippen molar-refractivity contribution in [2.24, 2.45) is 0 Å². The summed E-state index contributed by atoms with van der Waals surface area (Å²) in [6.07, 6.45) is 0. The Morgan fingerprint density at radius 2 is 2.12 bits per heavy atom. The van der Waals surface area contributed by atoms with E-state index in [9.17, 15) is 4.79 Å². The van der Waals surface area contributed by atoms with Crippen LogP contribution in [0.5, 0.6) is 0 Å². The SMILES string of the molecule is COC(C)(C)CNc1cc(Br)cc(C(=O)O)c1. The zero-order valence-electron chi connectivity index (χ0n) is 10.1. The molecule has 4 nitrogen and oxygen atoms in total. The van der Waals surface area contributed by atoms with Crippen LogP contribution in [-0.2, 0) is 4.74 Å². The molecule has 0 bridgehead atoms. The lowest BCUT2D eigenvalue weighted by Crippen LogP contribution is -2.32. The number of nitrogens with one attached hydrogen (secondary N) is 1. The molecule has 1 rings (SSSR count). The molecular weight excluding hydrogens is 286 g/mol. The quantitative estimate of drug-likeness (QED) is 0.878. The third-order valence-corrected chi connectivity index (χ3v) is 2.87. The number of carboxylic acid groups (broad SMARTS) is 1. The predicted octanol–water partition coefficient (Wildman–Crippen LogP) is 2.98. The topological polar surface area (TPSA) is 58.6 Å². The lowest BCUT2D eigenvalue weighted by molar-refractivity contribution is 0.0344. The van der Waals surface area contributed by atoms with Crippen LogP contribution in [0.3, 0.4) is 0 Å². The number of methoxy groups -OCH3 is 1. The molecule has 5 heteroatoms. The van der Waals surface area contributed by atoms with Gasteiger partial charge in [-0.15, -0.1) is 0 Å². The molecule has 0 amide bonds. The highest BCUT2D eigenvalue weighted by atomic mass is 79.9. The largest absolute Gasteiger partial charge is 0.478 e. The van der Waals surface area contributed by atoms with Crippen molar-refractivity contribution in [2.45, 2.75) is 19.4 Å². The second-order valence-corrected chi connectivity index (χ2v) is 5.27. The third kappa shape index (κ3) is 4.36. The van der Waals surface area contributed by atoms with Crippen LogP contribution in [0.1, 0.15) is 24.2 Å². The molecule has 0 unspecified atom stereocenters. The van der Waals surface area contributed by atoms with E-state index in [0.29, 0.717) is 6.54 Å². The Balaban J connectivity index is 2.81. The fraction of sp³-hybridized carbons (Fsp3) is 0.417. The van der Waals surface area contributed by atoms with Crippen molar-refractivity contribution in [1.29, 1.82) is 0 Å². The molecule has 0 aromatic heterocycles. The number of rotatable bonds is 5. The van der Waals surface area contributed by atoms with Crippen LogP contribution < -0.4 is 5.32 Å². The van der Waals surface area contributed by atoms with E-state index in [2.05, 4.69) is 21.2 Å². The smallest absolute Gasteiger partial charge is 0.335 e. The van der Waals surface area contributed by atoms with E-state index in [4.69, 9.17) is 9.84 Å². The summed E-state index contributed by atoms with van der Waals surface area (Å²) < 4.78 is 6.01. The van der Waals surface area contributed by atoms with Crippen molar-refractivity contribution in [3.63, 3.8) is 0 Å². The van der Waals surface area contributed by atoms with Crippen molar-refractivity contribution in [2.75, 3.05) is 19.0 Å². The molecule has 0 atom stereocenters. The summed E-state index contributed by atoms with van der Waals surface area (Å²) >= 11 is 3.28. The van der Waals surface area contributed by atoms with Gasteiger partial charge in [-0.2, -0.15) is 0 Å². The van der Waals surface area contributed by atoms with Gasteiger partial charge in [0.15, 0.2) is 0 Å². The zero-order valence-corrected chi connectivity index (χ0v) is 11.7. The minimum Gasteiger partial charge on any atom is -0.478 e. The molecule has 94 valence electrons. The third-order valence-electron chi connectivity index (χ3n) is 2.42. The second kappa shape index (κ2) is 5.51. The van der Waals surface area contributed by atoms with Crippen molar-refractivity contribution >= 4 is 27.6 Å². The molecule has 0 radical (unpaired) electrons. The molecule has 1 aromatic rings. The number of carbonyl (C=O) groups is 1. The molecule has 0 heterocycles. The number of anilines is 1. The lowest BCUT2D eigenvalue weighted by atomic mass is 10.1. The average Bonchev–Trinajstić information content (AvgIpc) is 2.26. The van der Waals surface area contributed by atoms with E-state index in [1.165, 1.54) is 0 Å². The number of aromatic carboxylic acids is 1. The van der Waals surface area contributed by atoms with Crippen molar-refractivity contribution in [3.8, 4) is 0 Å². The maximum Gasteiger partial charge on any atom is 0.335 e. The second-order valence-electron chi connectivity index (χ2n) is 4.35. The van der Waals surface area contributed by atoms with Crippen LogP contribution in [0, 0.1) is 0 Å². The normalized spacial score (nSPS) is 11.3.